The van der Waals surface area contributed by atoms with E-state index in [2.05, 4.69) is 105 Å². The SMILES string of the molecule is Brc1ccc(-c2cccc(-c3ccc(Br)cc3)c2)cc1. The topological polar surface area (TPSA) is 0 Å². The second-order valence-corrected chi connectivity index (χ2v) is 6.43. The molecule has 0 aliphatic heterocycles. The van der Waals surface area contributed by atoms with E-state index >= 15 is 0 Å². The van der Waals surface area contributed by atoms with Crippen LogP contribution in [-0.4, -0.2) is 0 Å². The fraction of sp³-hybridized carbons (Fsp3) is 0. The minimum Gasteiger partial charge on any atom is -0.0610 e. The first-order chi connectivity index (χ1) is 9.72. The summed E-state index contributed by atoms with van der Waals surface area (Å²) in [6.45, 7) is 0. The van der Waals surface area contributed by atoms with Crippen molar-refractivity contribution in [1.29, 1.82) is 0 Å². The van der Waals surface area contributed by atoms with Gasteiger partial charge in [-0.25, -0.2) is 0 Å². The summed E-state index contributed by atoms with van der Waals surface area (Å²) >= 11 is 6.94. The van der Waals surface area contributed by atoms with Gasteiger partial charge in [0.1, 0.15) is 0 Å². The van der Waals surface area contributed by atoms with Gasteiger partial charge < -0.3 is 0 Å². The van der Waals surface area contributed by atoms with Gasteiger partial charge in [0.2, 0.25) is 0 Å². The summed E-state index contributed by atoms with van der Waals surface area (Å²) in [5, 5.41) is 0. The van der Waals surface area contributed by atoms with Gasteiger partial charge in [-0.2, -0.15) is 0 Å². The molecule has 0 N–H and O–H groups in total. The lowest BCUT2D eigenvalue weighted by atomic mass is 9.99. The van der Waals surface area contributed by atoms with Gasteiger partial charge in [-0.3, -0.25) is 0 Å². The zero-order valence-electron chi connectivity index (χ0n) is 10.7. The normalized spacial score (nSPS) is 10.5. The van der Waals surface area contributed by atoms with E-state index in [0.29, 0.717) is 0 Å². The zero-order chi connectivity index (χ0) is 13.9. The van der Waals surface area contributed by atoms with Crippen LogP contribution in [0.15, 0.2) is 81.7 Å². The third-order valence-corrected chi connectivity index (χ3v) is 4.28. The van der Waals surface area contributed by atoms with Crippen molar-refractivity contribution in [3.63, 3.8) is 0 Å². The number of benzene rings is 3. The van der Waals surface area contributed by atoms with E-state index in [1.54, 1.807) is 0 Å². The standard InChI is InChI=1S/C18H12Br2/c19-17-8-4-13(5-9-17)15-2-1-3-16(12-15)14-6-10-18(20)11-7-14/h1-12H. The molecule has 0 aromatic heterocycles. The van der Waals surface area contributed by atoms with Crippen molar-refractivity contribution >= 4 is 31.9 Å². The molecular weight excluding hydrogens is 376 g/mol. The summed E-state index contributed by atoms with van der Waals surface area (Å²) in [5.41, 5.74) is 4.93. The Bertz CT molecular complexity index is 652. The summed E-state index contributed by atoms with van der Waals surface area (Å²) in [5.74, 6) is 0. The fourth-order valence-electron chi connectivity index (χ4n) is 2.16. The van der Waals surface area contributed by atoms with Crippen LogP contribution < -0.4 is 0 Å². The first kappa shape index (κ1) is 13.6. The number of hydrogen-bond acceptors (Lipinski definition) is 0. The molecule has 0 atom stereocenters. The maximum atomic E-state index is 3.47. The van der Waals surface area contributed by atoms with Gasteiger partial charge in [0.25, 0.3) is 0 Å². The molecular formula is C18H12Br2. The summed E-state index contributed by atoms with van der Waals surface area (Å²) in [6.07, 6.45) is 0. The molecule has 0 aliphatic carbocycles. The van der Waals surface area contributed by atoms with Crippen molar-refractivity contribution in [1.82, 2.24) is 0 Å². The molecule has 0 aliphatic rings. The van der Waals surface area contributed by atoms with Crippen LogP contribution in [0, 0.1) is 0 Å². The Labute approximate surface area is 135 Å². The molecule has 0 radical (unpaired) electrons. The maximum absolute atomic E-state index is 3.47. The quantitative estimate of drug-likeness (QED) is 0.467. The molecule has 0 amide bonds. The monoisotopic (exact) mass is 386 g/mol. The highest BCUT2D eigenvalue weighted by atomic mass is 79.9. The number of hydrogen-bond donors (Lipinski definition) is 0. The number of rotatable bonds is 2. The molecule has 3 aromatic carbocycles. The minimum absolute atomic E-state index is 1.10. The molecule has 0 bridgehead atoms. The highest BCUT2D eigenvalue weighted by molar-refractivity contribution is 9.10. The maximum Gasteiger partial charge on any atom is 0.0175 e. The van der Waals surface area contributed by atoms with Crippen molar-refractivity contribution in [2.75, 3.05) is 0 Å². The molecule has 98 valence electrons. The van der Waals surface area contributed by atoms with E-state index in [1.165, 1.54) is 22.3 Å². The predicted molar refractivity (Wildman–Crippen MR) is 92.7 cm³/mol. The average Bonchev–Trinajstić information content (AvgIpc) is 2.49. The lowest BCUT2D eigenvalue weighted by Crippen LogP contribution is -1.81. The smallest absolute Gasteiger partial charge is 0.0175 e. The summed E-state index contributed by atoms with van der Waals surface area (Å²) in [7, 11) is 0. The van der Waals surface area contributed by atoms with Crippen LogP contribution in [0.4, 0.5) is 0 Å². The van der Waals surface area contributed by atoms with Crippen molar-refractivity contribution in [2.45, 2.75) is 0 Å². The minimum atomic E-state index is 1.10. The average molecular weight is 388 g/mol. The number of halogens is 2. The van der Waals surface area contributed by atoms with E-state index in [1.807, 2.05) is 0 Å². The van der Waals surface area contributed by atoms with Crippen LogP contribution >= 0.6 is 31.9 Å². The summed E-state index contributed by atoms with van der Waals surface area (Å²) < 4.78 is 2.20. The Morgan fingerprint density at radius 2 is 0.850 bits per heavy atom. The molecule has 0 nitrogen and oxygen atoms in total. The summed E-state index contributed by atoms with van der Waals surface area (Å²) in [6, 6.07) is 25.4. The molecule has 3 rings (SSSR count). The van der Waals surface area contributed by atoms with Gasteiger partial charge in [0.05, 0.1) is 0 Å². The Morgan fingerprint density at radius 1 is 0.450 bits per heavy atom. The van der Waals surface area contributed by atoms with Crippen molar-refractivity contribution < 1.29 is 0 Å². The Balaban J connectivity index is 2.01. The van der Waals surface area contributed by atoms with Gasteiger partial charge >= 0.3 is 0 Å². The van der Waals surface area contributed by atoms with Crippen LogP contribution in [0.3, 0.4) is 0 Å². The third kappa shape index (κ3) is 3.02. The Morgan fingerprint density at radius 3 is 1.25 bits per heavy atom. The van der Waals surface area contributed by atoms with Crippen LogP contribution in [0.5, 0.6) is 0 Å². The molecule has 2 heteroatoms. The summed E-state index contributed by atoms with van der Waals surface area (Å²) in [4.78, 5) is 0. The molecule has 20 heavy (non-hydrogen) atoms. The molecule has 0 unspecified atom stereocenters. The van der Waals surface area contributed by atoms with Crippen LogP contribution in [-0.2, 0) is 0 Å². The molecule has 0 spiro atoms. The van der Waals surface area contributed by atoms with Crippen LogP contribution in [0.2, 0.25) is 0 Å². The van der Waals surface area contributed by atoms with Gasteiger partial charge in [0.15, 0.2) is 0 Å². The van der Waals surface area contributed by atoms with E-state index in [-0.39, 0.29) is 0 Å². The van der Waals surface area contributed by atoms with Crippen LogP contribution in [0.1, 0.15) is 0 Å². The van der Waals surface area contributed by atoms with Gasteiger partial charge in [-0.05, 0) is 52.6 Å². The molecule has 3 aromatic rings. The van der Waals surface area contributed by atoms with E-state index in [0.717, 1.165) is 8.95 Å². The fourth-order valence-corrected chi connectivity index (χ4v) is 2.69. The Kier molecular flexibility index (Phi) is 4.04. The van der Waals surface area contributed by atoms with Gasteiger partial charge in [0, 0.05) is 8.95 Å². The molecule has 0 fully saturated rings. The molecule has 0 saturated carbocycles. The first-order valence-corrected chi connectivity index (χ1v) is 7.93. The third-order valence-electron chi connectivity index (χ3n) is 3.22. The lowest BCUT2D eigenvalue weighted by molar-refractivity contribution is 1.57. The van der Waals surface area contributed by atoms with E-state index < -0.39 is 0 Å². The van der Waals surface area contributed by atoms with Crippen molar-refractivity contribution in [2.24, 2.45) is 0 Å². The second-order valence-electron chi connectivity index (χ2n) is 4.59. The molecule has 0 saturated heterocycles. The molecule has 0 heterocycles. The van der Waals surface area contributed by atoms with Crippen molar-refractivity contribution in [3.8, 4) is 22.3 Å². The largest absolute Gasteiger partial charge is 0.0610 e. The van der Waals surface area contributed by atoms with E-state index in [4.69, 9.17) is 0 Å². The highest BCUT2D eigenvalue weighted by Crippen LogP contribution is 2.28. The van der Waals surface area contributed by atoms with Crippen molar-refractivity contribution in [3.05, 3.63) is 81.7 Å². The van der Waals surface area contributed by atoms with Gasteiger partial charge in [-0.1, -0.05) is 74.3 Å². The van der Waals surface area contributed by atoms with Gasteiger partial charge in [-0.15, -0.1) is 0 Å². The van der Waals surface area contributed by atoms with E-state index in [9.17, 15) is 0 Å². The van der Waals surface area contributed by atoms with Crippen LogP contribution in [0.25, 0.3) is 22.3 Å². The first-order valence-electron chi connectivity index (χ1n) is 6.34. The highest BCUT2D eigenvalue weighted by Gasteiger charge is 2.01. The predicted octanol–water partition coefficient (Wildman–Crippen LogP) is 6.55. The zero-order valence-corrected chi connectivity index (χ0v) is 13.9. The second kappa shape index (κ2) is 5.94. The Hall–Kier alpha value is -1.38. The lowest BCUT2D eigenvalue weighted by Gasteiger charge is -2.06.